The molecule has 1 aliphatic rings. The number of carbonyl (C=O) groups excluding carboxylic acids is 4. The van der Waals surface area contributed by atoms with Crippen molar-refractivity contribution in [2.75, 3.05) is 26.8 Å². The predicted molar refractivity (Wildman–Crippen MR) is 89.3 cm³/mol. The van der Waals surface area contributed by atoms with Crippen LogP contribution in [0.1, 0.15) is 41.6 Å². The number of aromatic nitrogens is 1. The third-order valence-corrected chi connectivity index (χ3v) is 4.39. The minimum atomic E-state index is -0.957. The normalized spacial score (nSPS) is 16.1. The average molecular weight is 349 g/mol. The summed E-state index contributed by atoms with van der Waals surface area (Å²) in [7, 11) is 1.61. The molecule has 1 fully saturated rings. The van der Waals surface area contributed by atoms with Gasteiger partial charge in [0.25, 0.3) is 0 Å². The Morgan fingerprint density at radius 2 is 1.76 bits per heavy atom. The van der Waals surface area contributed by atoms with Gasteiger partial charge in [-0.1, -0.05) is 0 Å². The Labute approximate surface area is 146 Å². The van der Waals surface area contributed by atoms with Crippen LogP contribution in [0.2, 0.25) is 0 Å². The minimum absolute atomic E-state index is 0.0405. The number of Topliss-reactive ketones (excluding diaryl/α,β-unsaturated/α-hetero) is 1. The number of aryl methyl sites for hydroxylation is 1. The fourth-order valence-electron chi connectivity index (χ4n) is 3.25. The van der Waals surface area contributed by atoms with E-state index in [1.54, 1.807) is 20.1 Å². The maximum atomic E-state index is 12.6. The van der Waals surface area contributed by atoms with Crippen LogP contribution in [0.15, 0.2) is 6.07 Å². The van der Waals surface area contributed by atoms with Crippen molar-refractivity contribution in [3.05, 3.63) is 23.0 Å². The summed E-state index contributed by atoms with van der Waals surface area (Å²) in [6, 6.07) is 1.03. The molecule has 8 nitrogen and oxygen atoms in total. The molecule has 4 amide bonds. The number of methoxy groups -OCH3 is 1. The first kappa shape index (κ1) is 18.9. The molecule has 0 saturated carbocycles. The number of amides is 4. The third kappa shape index (κ3) is 3.21. The standard InChI is InChI=1S/C17H23N3O5/c1-6-18-15(22)16(23)19(17(18)24)8-14(21)13-7-10(2)20(12(13)4)11(3)9-25-5/h7,11H,6,8-9H2,1-5H3/t11-/m1/s1. The van der Waals surface area contributed by atoms with Gasteiger partial charge in [-0.2, -0.15) is 0 Å². The van der Waals surface area contributed by atoms with Gasteiger partial charge in [0, 0.05) is 30.6 Å². The minimum Gasteiger partial charge on any atom is -0.383 e. The van der Waals surface area contributed by atoms with E-state index < -0.39 is 24.4 Å². The highest BCUT2D eigenvalue weighted by molar-refractivity contribution is 6.45. The van der Waals surface area contributed by atoms with Gasteiger partial charge in [-0.3, -0.25) is 19.3 Å². The molecule has 0 N–H and O–H groups in total. The summed E-state index contributed by atoms with van der Waals surface area (Å²) in [6.45, 7) is 7.41. The first-order chi connectivity index (χ1) is 11.7. The second-order valence-electron chi connectivity index (χ2n) is 6.11. The lowest BCUT2D eigenvalue weighted by atomic mass is 10.1. The maximum Gasteiger partial charge on any atom is 0.334 e. The molecule has 1 aliphatic heterocycles. The van der Waals surface area contributed by atoms with Gasteiger partial charge in [0.05, 0.1) is 19.2 Å². The summed E-state index contributed by atoms with van der Waals surface area (Å²) in [5.74, 6) is -2.22. The van der Waals surface area contributed by atoms with Crippen LogP contribution in [-0.4, -0.2) is 64.8 Å². The lowest BCUT2D eigenvalue weighted by Gasteiger charge is -2.18. The molecule has 0 spiro atoms. The third-order valence-electron chi connectivity index (χ3n) is 4.39. The Kier molecular flexibility index (Phi) is 5.42. The zero-order valence-corrected chi connectivity index (χ0v) is 15.2. The van der Waals surface area contributed by atoms with E-state index in [1.807, 2.05) is 25.3 Å². The van der Waals surface area contributed by atoms with E-state index in [-0.39, 0.29) is 18.4 Å². The van der Waals surface area contributed by atoms with Crippen molar-refractivity contribution >= 4 is 23.6 Å². The molecule has 1 atom stereocenters. The van der Waals surface area contributed by atoms with Crippen LogP contribution in [0, 0.1) is 13.8 Å². The van der Waals surface area contributed by atoms with Gasteiger partial charge in [-0.05, 0) is 33.8 Å². The van der Waals surface area contributed by atoms with E-state index in [4.69, 9.17) is 4.74 Å². The molecule has 136 valence electrons. The predicted octanol–water partition coefficient (Wildman–Crippen LogP) is 1.31. The van der Waals surface area contributed by atoms with E-state index in [0.717, 1.165) is 16.3 Å². The van der Waals surface area contributed by atoms with Gasteiger partial charge in [0.15, 0.2) is 5.78 Å². The SMILES string of the molecule is CCN1C(=O)C(=O)N(CC(=O)c2cc(C)n([C@H](C)COC)c2C)C1=O. The monoisotopic (exact) mass is 349 g/mol. The van der Waals surface area contributed by atoms with Gasteiger partial charge in [-0.15, -0.1) is 0 Å². The van der Waals surface area contributed by atoms with Gasteiger partial charge in [0.2, 0.25) is 0 Å². The maximum absolute atomic E-state index is 12.6. The van der Waals surface area contributed by atoms with Crippen molar-refractivity contribution in [1.82, 2.24) is 14.4 Å². The van der Waals surface area contributed by atoms with E-state index >= 15 is 0 Å². The van der Waals surface area contributed by atoms with Crippen molar-refractivity contribution in [2.45, 2.75) is 33.7 Å². The summed E-state index contributed by atoms with van der Waals surface area (Å²) < 4.78 is 7.14. The summed E-state index contributed by atoms with van der Waals surface area (Å²) in [5, 5.41) is 0. The van der Waals surface area contributed by atoms with Crippen LogP contribution in [0.5, 0.6) is 0 Å². The largest absolute Gasteiger partial charge is 0.383 e. The Morgan fingerprint density at radius 3 is 2.28 bits per heavy atom. The second kappa shape index (κ2) is 7.18. The van der Waals surface area contributed by atoms with Crippen LogP contribution < -0.4 is 0 Å². The van der Waals surface area contributed by atoms with Crippen LogP contribution in [-0.2, 0) is 14.3 Å². The first-order valence-electron chi connectivity index (χ1n) is 8.12. The van der Waals surface area contributed by atoms with E-state index in [9.17, 15) is 19.2 Å². The Balaban J connectivity index is 2.25. The van der Waals surface area contributed by atoms with Crippen LogP contribution >= 0.6 is 0 Å². The van der Waals surface area contributed by atoms with E-state index in [1.165, 1.54) is 0 Å². The number of hydrogen-bond acceptors (Lipinski definition) is 5. The van der Waals surface area contributed by atoms with E-state index in [2.05, 4.69) is 0 Å². The molecule has 0 bridgehead atoms. The van der Waals surface area contributed by atoms with Crippen molar-refractivity contribution in [1.29, 1.82) is 0 Å². The summed E-state index contributed by atoms with van der Waals surface area (Å²) in [4.78, 5) is 50.0. The zero-order valence-electron chi connectivity index (χ0n) is 15.2. The highest BCUT2D eigenvalue weighted by atomic mass is 16.5. The molecule has 0 aromatic carbocycles. The molecule has 25 heavy (non-hydrogen) atoms. The zero-order chi connectivity index (χ0) is 18.9. The quantitative estimate of drug-likeness (QED) is 0.421. The number of ether oxygens (including phenoxy) is 1. The highest BCUT2D eigenvalue weighted by Crippen LogP contribution is 2.22. The topological polar surface area (TPSA) is 88.9 Å². The summed E-state index contributed by atoms with van der Waals surface area (Å²) in [6.07, 6.45) is 0. The molecule has 1 aromatic rings. The number of nitrogens with zero attached hydrogens (tertiary/aromatic N) is 3. The molecule has 0 radical (unpaired) electrons. The molecular weight excluding hydrogens is 326 g/mol. The highest BCUT2D eigenvalue weighted by Gasteiger charge is 2.44. The van der Waals surface area contributed by atoms with Gasteiger partial charge >= 0.3 is 17.8 Å². The number of likely N-dealkylation sites (N-methyl/N-ethyl adjacent to an activating group) is 1. The van der Waals surface area contributed by atoms with Crippen molar-refractivity contribution in [3.63, 3.8) is 0 Å². The molecule has 0 aliphatic carbocycles. The molecular formula is C17H23N3O5. The smallest absolute Gasteiger partial charge is 0.334 e. The van der Waals surface area contributed by atoms with Crippen LogP contribution in [0.25, 0.3) is 0 Å². The number of carbonyl (C=O) groups is 4. The molecule has 0 unspecified atom stereocenters. The van der Waals surface area contributed by atoms with Gasteiger partial charge in [-0.25, -0.2) is 9.69 Å². The Morgan fingerprint density at radius 1 is 1.16 bits per heavy atom. The lowest BCUT2D eigenvalue weighted by molar-refractivity contribution is -0.143. The fraction of sp³-hybridized carbons (Fsp3) is 0.529. The van der Waals surface area contributed by atoms with E-state index in [0.29, 0.717) is 17.1 Å². The first-order valence-corrected chi connectivity index (χ1v) is 8.12. The van der Waals surface area contributed by atoms with Gasteiger partial charge < -0.3 is 9.30 Å². The number of ketones is 1. The van der Waals surface area contributed by atoms with Crippen molar-refractivity contribution in [3.8, 4) is 0 Å². The molecule has 1 saturated heterocycles. The van der Waals surface area contributed by atoms with Crippen LogP contribution in [0.3, 0.4) is 0 Å². The molecule has 8 heteroatoms. The van der Waals surface area contributed by atoms with Crippen molar-refractivity contribution in [2.24, 2.45) is 0 Å². The Hall–Kier alpha value is -2.48. The van der Waals surface area contributed by atoms with Crippen molar-refractivity contribution < 1.29 is 23.9 Å². The average Bonchev–Trinajstić information content (AvgIpc) is 2.96. The van der Waals surface area contributed by atoms with Crippen LogP contribution in [0.4, 0.5) is 4.79 Å². The number of hydrogen-bond donors (Lipinski definition) is 0. The van der Waals surface area contributed by atoms with Gasteiger partial charge in [0.1, 0.15) is 0 Å². The molecule has 2 rings (SSSR count). The number of imide groups is 2. The number of rotatable bonds is 7. The molecule has 1 aromatic heterocycles. The molecule has 2 heterocycles. The second-order valence-corrected chi connectivity index (χ2v) is 6.11. The Bertz CT molecular complexity index is 737. The number of urea groups is 1. The summed E-state index contributed by atoms with van der Waals surface area (Å²) in [5.41, 5.74) is 2.06. The lowest BCUT2D eigenvalue weighted by Crippen LogP contribution is -2.37. The summed E-state index contributed by atoms with van der Waals surface area (Å²) >= 11 is 0. The fourth-order valence-corrected chi connectivity index (χ4v) is 3.25.